The van der Waals surface area contributed by atoms with Gasteiger partial charge in [0.1, 0.15) is 12.3 Å². The predicted octanol–water partition coefficient (Wildman–Crippen LogP) is 6.41. The first-order chi connectivity index (χ1) is 17.0. The van der Waals surface area contributed by atoms with Gasteiger partial charge in [0, 0.05) is 10.0 Å². The molecular formula is C27H30Cl2N2O4S. The van der Waals surface area contributed by atoms with Crippen LogP contribution in [0.5, 0.6) is 5.75 Å². The highest BCUT2D eigenvalue weighted by Gasteiger charge is 2.29. The summed E-state index contributed by atoms with van der Waals surface area (Å²) in [5.41, 5.74) is 2.02. The van der Waals surface area contributed by atoms with E-state index in [2.05, 4.69) is 19.2 Å². The summed E-state index contributed by atoms with van der Waals surface area (Å²) < 4.78 is 33.6. The molecule has 0 spiro atoms. The lowest BCUT2D eigenvalue weighted by Gasteiger charge is -2.27. The Bertz CT molecular complexity index is 1270. The maximum atomic E-state index is 13.7. The van der Waals surface area contributed by atoms with Crippen LogP contribution in [0, 0.1) is 12.8 Å². The number of ether oxygens (including phenoxy) is 1. The molecule has 0 aliphatic rings. The van der Waals surface area contributed by atoms with E-state index in [1.165, 1.54) is 30.3 Å². The molecule has 6 nitrogen and oxygen atoms in total. The molecule has 0 saturated carbocycles. The summed E-state index contributed by atoms with van der Waals surface area (Å²) in [6.07, 6.45) is 0.672. The van der Waals surface area contributed by atoms with Crippen LogP contribution in [0.1, 0.15) is 37.4 Å². The zero-order valence-electron chi connectivity index (χ0n) is 20.7. The van der Waals surface area contributed by atoms with Gasteiger partial charge in [-0.25, -0.2) is 8.42 Å². The van der Waals surface area contributed by atoms with Crippen LogP contribution in [0.4, 0.5) is 5.69 Å². The van der Waals surface area contributed by atoms with E-state index in [0.717, 1.165) is 15.4 Å². The fourth-order valence-electron chi connectivity index (χ4n) is 3.79. The number of rotatable bonds is 10. The third-order valence-corrected chi connectivity index (χ3v) is 7.82. The molecule has 0 unspecified atom stereocenters. The van der Waals surface area contributed by atoms with Crippen molar-refractivity contribution in [2.24, 2.45) is 5.92 Å². The summed E-state index contributed by atoms with van der Waals surface area (Å²) in [5, 5.41) is 3.54. The number of carbonyl (C=O) groups excluding carboxylic acids is 1. The van der Waals surface area contributed by atoms with Gasteiger partial charge in [0.2, 0.25) is 5.91 Å². The molecule has 0 bridgehead atoms. The fraction of sp³-hybridized carbons (Fsp3) is 0.296. The van der Waals surface area contributed by atoms with Crippen molar-refractivity contribution in [3.63, 3.8) is 0 Å². The number of halogens is 2. The van der Waals surface area contributed by atoms with Crippen LogP contribution in [0.2, 0.25) is 10.0 Å². The summed E-state index contributed by atoms with van der Waals surface area (Å²) >= 11 is 12.4. The predicted molar refractivity (Wildman–Crippen MR) is 146 cm³/mol. The van der Waals surface area contributed by atoms with Gasteiger partial charge in [-0.1, -0.05) is 66.9 Å². The summed E-state index contributed by atoms with van der Waals surface area (Å²) in [4.78, 5) is 13.4. The third kappa shape index (κ3) is 7.15. The van der Waals surface area contributed by atoms with Crippen LogP contribution < -0.4 is 14.4 Å². The molecule has 3 rings (SSSR count). The van der Waals surface area contributed by atoms with Gasteiger partial charge >= 0.3 is 0 Å². The highest BCUT2D eigenvalue weighted by molar-refractivity contribution is 7.92. The average Bonchev–Trinajstić information content (AvgIpc) is 2.81. The van der Waals surface area contributed by atoms with Crippen molar-refractivity contribution in [3.8, 4) is 5.75 Å². The van der Waals surface area contributed by atoms with Crippen LogP contribution in [0.3, 0.4) is 0 Å². The van der Waals surface area contributed by atoms with Crippen LogP contribution in [0.25, 0.3) is 0 Å². The van der Waals surface area contributed by atoms with E-state index >= 15 is 0 Å². The Labute approximate surface area is 223 Å². The third-order valence-electron chi connectivity index (χ3n) is 5.59. The molecule has 0 heterocycles. The summed E-state index contributed by atoms with van der Waals surface area (Å²) in [6.45, 7) is 5.54. The number of nitrogens with zero attached hydrogens (tertiary/aromatic N) is 1. The SMILES string of the molecule is COc1ccc([C@H](CC(C)C)NC(=O)CN(c2cc(Cl)cc(Cl)c2)S(=O)(=O)c2ccc(C)cc2)cc1. The molecular weight excluding hydrogens is 519 g/mol. The van der Waals surface area contributed by atoms with Gasteiger partial charge in [-0.15, -0.1) is 0 Å². The molecule has 0 aliphatic heterocycles. The molecule has 1 N–H and O–H groups in total. The van der Waals surface area contributed by atoms with Gasteiger partial charge in [0.25, 0.3) is 10.0 Å². The number of sulfonamides is 1. The maximum Gasteiger partial charge on any atom is 0.264 e. The number of carbonyl (C=O) groups is 1. The molecule has 0 radical (unpaired) electrons. The first-order valence-corrected chi connectivity index (χ1v) is 13.7. The number of anilines is 1. The zero-order chi connectivity index (χ0) is 26.5. The van der Waals surface area contributed by atoms with E-state index in [1.54, 1.807) is 19.2 Å². The lowest BCUT2D eigenvalue weighted by Crippen LogP contribution is -2.42. The van der Waals surface area contributed by atoms with Crippen molar-refractivity contribution >= 4 is 44.8 Å². The molecule has 0 fully saturated rings. The van der Waals surface area contributed by atoms with Gasteiger partial charge < -0.3 is 10.1 Å². The Hall–Kier alpha value is -2.74. The molecule has 192 valence electrons. The number of nitrogens with one attached hydrogen (secondary N) is 1. The normalized spacial score (nSPS) is 12.3. The highest BCUT2D eigenvalue weighted by atomic mass is 35.5. The minimum absolute atomic E-state index is 0.0610. The number of methoxy groups -OCH3 is 1. The maximum absolute atomic E-state index is 13.7. The standard InChI is InChI=1S/C27H30Cl2N2O4S/c1-18(2)13-26(20-7-9-24(35-4)10-8-20)30-27(32)17-31(23-15-21(28)14-22(29)16-23)36(33,34)25-11-5-19(3)6-12-25/h5-12,14-16,18,26H,13,17H2,1-4H3,(H,30,32)/t26-/m0/s1. The van der Waals surface area contributed by atoms with Crippen molar-refractivity contribution in [2.45, 2.75) is 38.1 Å². The molecule has 9 heteroatoms. The van der Waals surface area contributed by atoms with E-state index in [1.807, 2.05) is 31.2 Å². The molecule has 0 saturated heterocycles. The summed E-state index contributed by atoms with van der Waals surface area (Å²) in [7, 11) is -2.50. The second kappa shape index (κ2) is 12.0. The van der Waals surface area contributed by atoms with Crippen molar-refractivity contribution < 1.29 is 17.9 Å². The lowest BCUT2D eigenvalue weighted by molar-refractivity contribution is -0.120. The smallest absolute Gasteiger partial charge is 0.264 e. The fourth-order valence-corrected chi connectivity index (χ4v) is 5.71. The van der Waals surface area contributed by atoms with E-state index in [4.69, 9.17) is 27.9 Å². The first-order valence-electron chi connectivity index (χ1n) is 11.5. The monoisotopic (exact) mass is 548 g/mol. The minimum atomic E-state index is -4.09. The molecule has 0 aromatic heterocycles. The highest BCUT2D eigenvalue weighted by Crippen LogP contribution is 2.30. The van der Waals surface area contributed by atoms with Crippen LogP contribution in [-0.2, 0) is 14.8 Å². The Morgan fingerprint density at radius 3 is 2.08 bits per heavy atom. The van der Waals surface area contributed by atoms with Crippen LogP contribution in [-0.4, -0.2) is 28.0 Å². The second-order valence-corrected chi connectivity index (χ2v) is 11.7. The largest absolute Gasteiger partial charge is 0.497 e. The number of hydrogen-bond acceptors (Lipinski definition) is 4. The lowest BCUT2D eigenvalue weighted by atomic mass is 9.97. The van der Waals surface area contributed by atoms with E-state index < -0.39 is 22.5 Å². The molecule has 36 heavy (non-hydrogen) atoms. The van der Waals surface area contributed by atoms with E-state index in [0.29, 0.717) is 12.2 Å². The van der Waals surface area contributed by atoms with Crippen molar-refractivity contribution in [2.75, 3.05) is 18.0 Å². The molecule has 1 atom stereocenters. The topological polar surface area (TPSA) is 75.7 Å². The summed E-state index contributed by atoms with van der Waals surface area (Å²) in [5.74, 6) is 0.543. The average molecular weight is 550 g/mol. The first kappa shape index (κ1) is 27.8. The summed E-state index contributed by atoms with van der Waals surface area (Å²) in [6, 6.07) is 18.0. The van der Waals surface area contributed by atoms with E-state index in [9.17, 15) is 13.2 Å². The van der Waals surface area contributed by atoms with Gasteiger partial charge in [0.05, 0.1) is 23.7 Å². The number of hydrogen-bond donors (Lipinski definition) is 1. The Morgan fingerprint density at radius 2 is 1.56 bits per heavy atom. The van der Waals surface area contributed by atoms with Gasteiger partial charge in [-0.3, -0.25) is 9.10 Å². The molecule has 3 aromatic rings. The second-order valence-electron chi connectivity index (χ2n) is 8.98. The Balaban J connectivity index is 1.95. The molecule has 3 aromatic carbocycles. The van der Waals surface area contributed by atoms with E-state index in [-0.39, 0.29) is 32.6 Å². The number of amides is 1. The number of aryl methyl sites for hydroxylation is 1. The van der Waals surface area contributed by atoms with Crippen LogP contribution in [0.15, 0.2) is 71.6 Å². The van der Waals surface area contributed by atoms with Crippen molar-refractivity contribution in [3.05, 3.63) is 87.9 Å². The van der Waals surface area contributed by atoms with Crippen molar-refractivity contribution in [1.82, 2.24) is 5.32 Å². The van der Waals surface area contributed by atoms with Crippen molar-refractivity contribution in [1.29, 1.82) is 0 Å². The number of benzene rings is 3. The zero-order valence-corrected chi connectivity index (χ0v) is 23.0. The molecule has 0 aliphatic carbocycles. The Kier molecular flexibility index (Phi) is 9.28. The van der Waals surface area contributed by atoms with Gasteiger partial charge in [-0.2, -0.15) is 0 Å². The molecule has 1 amide bonds. The van der Waals surface area contributed by atoms with Crippen LogP contribution >= 0.6 is 23.2 Å². The van der Waals surface area contributed by atoms with Gasteiger partial charge in [-0.05, 0) is 67.3 Å². The minimum Gasteiger partial charge on any atom is -0.497 e. The van der Waals surface area contributed by atoms with Gasteiger partial charge in [0.15, 0.2) is 0 Å². The quantitative estimate of drug-likeness (QED) is 0.317. The Morgan fingerprint density at radius 1 is 0.972 bits per heavy atom.